The van der Waals surface area contributed by atoms with Gasteiger partial charge in [-0.3, -0.25) is 0 Å². The largest absolute Gasteiger partial charge is 0.102 e. The zero-order chi connectivity index (χ0) is 8.53. The topological polar surface area (TPSA) is 0 Å². The summed E-state index contributed by atoms with van der Waals surface area (Å²) in [6.07, 6.45) is 9.26. The first-order chi connectivity index (χ1) is 5.27. The van der Waals surface area contributed by atoms with Gasteiger partial charge in [0.05, 0.1) is 8.80 Å². The first-order valence-corrected chi connectivity index (χ1v) is 7.91. The molecule has 0 aromatic rings. The molecule has 0 amide bonds. The van der Waals surface area contributed by atoms with Gasteiger partial charge >= 0.3 is 0 Å². The van der Waals surface area contributed by atoms with E-state index in [1.165, 1.54) is 32.1 Å². The van der Waals surface area contributed by atoms with E-state index in [0.29, 0.717) is 0 Å². The molecule has 11 heavy (non-hydrogen) atoms. The Kier molecular flexibility index (Phi) is 8.03. The maximum absolute atomic E-state index is 2.44. The Labute approximate surface area is 73.3 Å². The lowest BCUT2D eigenvalue weighted by Gasteiger charge is -1.95. The Bertz CT molecular complexity index is 95.0. The molecule has 0 N–H and O–H groups in total. The van der Waals surface area contributed by atoms with Crippen molar-refractivity contribution in [3.63, 3.8) is 0 Å². The minimum atomic E-state index is -0.410. The smallest absolute Gasteiger partial charge is 0.0549 e. The normalized spacial score (nSPS) is 11.6. The van der Waals surface area contributed by atoms with E-state index in [-0.39, 0.29) is 0 Å². The van der Waals surface area contributed by atoms with E-state index in [1.54, 1.807) is 0 Å². The summed E-state index contributed by atoms with van der Waals surface area (Å²) in [5, 5.41) is 0. The molecule has 0 atom stereocenters. The van der Waals surface area contributed by atoms with Crippen LogP contribution in [0.15, 0.2) is 11.8 Å². The number of allylic oxidation sites excluding steroid dienone is 1. The fourth-order valence-corrected chi connectivity index (χ4v) is 1.79. The highest BCUT2D eigenvalue weighted by Crippen LogP contribution is 2.02. The first kappa shape index (κ1) is 11.0. The highest BCUT2D eigenvalue weighted by atomic mass is 28.3. The molecule has 0 spiro atoms. The van der Waals surface area contributed by atoms with Gasteiger partial charge in [0.1, 0.15) is 0 Å². The van der Waals surface area contributed by atoms with Gasteiger partial charge in [-0.1, -0.05) is 45.4 Å². The summed E-state index contributed by atoms with van der Waals surface area (Å²) in [5.41, 5.74) is 2.44. The Balaban J connectivity index is 3.01. The van der Waals surface area contributed by atoms with Gasteiger partial charge in [0.15, 0.2) is 0 Å². The Morgan fingerprint density at radius 1 is 1.09 bits per heavy atom. The van der Waals surface area contributed by atoms with E-state index in [2.05, 4.69) is 31.8 Å². The highest BCUT2D eigenvalue weighted by Gasteiger charge is 1.86. The van der Waals surface area contributed by atoms with E-state index < -0.39 is 8.80 Å². The summed E-state index contributed by atoms with van der Waals surface area (Å²) in [4.78, 5) is 0. The molecule has 0 nitrogen and oxygen atoms in total. The molecule has 0 radical (unpaired) electrons. The second kappa shape index (κ2) is 8.06. The van der Waals surface area contributed by atoms with Crippen molar-refractivity contribution in [3.8, 4) is 0 Å². The molecule has 0 aliphatic heterocycles. The van der Waals surface area contributed by atoms with Gasteiger partial charge in [-0.05, 0) is 12.8 Å². The number of hydrogen-bond donors (Lipinski definition) is 0. The second-order valence-electron chi connectivity index (χ2n) is 3.52. The number of rotatable bonds is 6. The van der Waals surface area contributed by atoms with Crippen LogP contribution < -0.4 is 0 Å². The molecular weight excluding hydrogens is 148 g/mol. The van der Waals surface area contributed by atoms with Crippen molar-refractivity contribution >= 4 is 8.80 Å². The summed E-state index contributed by atoms with van der Waals surface area (Å²) in [5.74, 6) is 0. The van der Waals surface area contributed by atoms with Gasteiger partial charge in [0.25, 0.3) is 0 Å². The summed E-state index contributed by atoms with van der Waals surface area (Å²) in [7, 11) is -0.410. The van der Waals surface area contributed by atoms with Crippen LogP contribution in [0.1, 0.15) is 39.0 Å². The zero-order valence-corrected chi connectivity index (χ0v) is 9.42. The van der Waals surface area contributed by atoms with Crippen molar-refractivity contribution in [3.05, 3.63) is 11.8 Å². The van der Waals surface area contributed by atoms with Crippen LogP contribution in [0.3, 0.4) is 0 Å². The van der Waals surface area contributed by atoms with E-state index >= 15 is 0 Å². The van der Waals surface area contributed by atoms with E-state index in [0.717, 1.165) is 0 Å². The maximum atomic E-state index is 2.44. The van der Waals surface area contributed by atoms with Crippen molar-refractivity contribution in [1.82, 2.24) is 0 Å². The van der Waals surface area contributed by atoms with Crippen LogP contribution >= 0.6 is 0 Å². The molecular formula is C10H22Si. The molecule has 0 aromatic heterocycles. The second-order valence-corrected chi connectivity index (χ2v) is 6.39. The fraction of sp³-hybridized carbons (Fsp3) is 0.800. The predicted molar refractivity (Wildman–Crippen MR) is 56.8 cm³/mol. The van der Waals surface area contributed by atoms with Crippen LogP contribution in [0.5, 0.6) is 0 Å². The number of hydrogen-bond acceptors (Lipinski definition) is 0. The summed E-state index contributed by atoms with van der Waals surface area (Å²) in [6.45, 7) is 6.99. The summed E-state index contributed by atoms with van der Waals surface area (Å²) >= 11 is 0. The minimum Gasteiger partial charge on any atom is -0.102 e. The van der Waals surface area contributed by atoms with Crippen molar-refractivity contribution in [2.75, 3.05) is 0 Å². The van der Waals surface area contributed by atoms with Crippen molar-refractivity contribution in [2.45, 2.75) is 52.1 Å². The third-order valence-corrected chi connectivity index (χ3v) is 2.79. The highest BCUT2D eigenvalue weighted by molar-refractivity contribution is 6.61. The van der Waals surface area contributed by atoms with Crippen LogP contribution in [0, 0.1) is 0 Å². The van der Waals surface area contributed by atoms with Crippen molar-refractivity contribution in [1.29, 1.82) is 0 Å². The first-order valence-electron chi connectivity index (χ1n) is 4.94. The molecule has 0 saturated heterocycles. The lowest BCUT2D eigenvalue weighted by atomic mass is 10.2. The SMILES string of the molecule is CCCCCCC=C[SiH](C)C. The van der Waals surface area contributed by atoms with E-state index in [1.807, 2.05) is 0 Å². The van der Waals surface area contributed by atoms with Crippen LogP contribution in [0.25, 0.3) is 0 Å². The van der Waals surface area contributed by atoms with Gasteiger partial charge in [-0.2, -0.15) is 0 Å². The van der Waals surface area contributed by atoms with Crippen LogP contribution in [-0.4, -0.2) is 8.80 Å². The average Bonchev–Trinajstić information content (AvgIpc) is 1.96. The molecule has 0 aromatic carbocycles. The quantitative estimate of drug-likeness (QED) is 0.422. The molecule has 0 bridgehead atoms. The molecule has 1 heteroatoms. The van der Waals surface area contributed by atoms with Gasteiger partial charge in [-0.25, -0.2) is 0 Å². The predicted octanol–water partition coefficient (Wildman–Crippen LogP) is 3.54. The van der Waals surface area contributed by atoms with Gasteiger partial charge in [0, 0.05) is 0 Å². The lowest BCUT2D eigenvalue weighted by molar-refractivity contribution is 0.674. The third-order valence-electron chi connectivity index (χ3n) is 1.75. The molecule has 0 aliphatic rings. The van der Waals surface area contributed by atoms with Crippen LogP contribution in [-0.2, 0) is 0 Å². The van der Waals surface area contributed by atoms with Gasteiger partial charge in [0.2, 0.25) is 0 Å². The molecule has 0 heterocycles. The lowest BCUT2D eigenvalue weighted by Crippen LogP contribution is -1.91. The molecule has 0 aliphatic carbocycles. The average molecular weight is 170 g/mol. The van der Waals surface area contributed by atoms with Crippen LogP contribution in [0.4, 0.5) is 0 Å². The standard InChI is InChI=1S/C10H22Si/c1-4-5-6-7-8-9-10-11(2)3/h9-11H,4-8H2,1-3H3. The maximum Gasteiger partial charge on any atom is 0.0549 e. The Morgan fingerprint density at radius 2 is 1.82 bits per heavy atom. The molecule has 66 valence electrons. The third kappa shape index (κ3) is 9.96. The van der Waals surface area contributed by atoms with Gasteiger partial charge < -0.3 is 0 Å². The monoisotopic (exact) mass is 170 g/mol. The fourth-order valence-electron chi connectivity index (χ4n) is 1.06. The summed E-state index contributed by atoms with van der Waals surface area (Å²) < 4.78 is 0. The molecule has 0 fully saturated rings. The molecule has 0 saturated carbocycles. The minimum absolute atomic E-state index is 0.410. The Hall–Kier alpha value is -0.0431. The number of unbranched alkanes of at least 4 members (excludes halogenated alkanes) is 4. The van der Waals surface area contributed by atoms with E-state index in [4.69, 9.17) is 0 Å². The molecule has 0 rings (SSSR count). The van der Waals surface area contributed by atoms with E-state index in [9.17, 15) is 0 Å². The van der Waals surface area contributed by atoms with Crippen molar-refractivity contribution < 1.29 is 0 Å². The Morgan fingerprint density at radius 3 is 2.36 bits per heavy atom. The summed E-state index contributed by atoms with van der Waals surface area (Å²) in [6, 6.07) is 0. The van der Waals surface area contributed by atoms with Gasteiger partial charge in [-0.15, -0.1) is 5.70 Å². The zero-order valence-electron chi connectivity index (χ0n) is 8.27. The van der Waals surface area contributed by atoms with Crippen molar-refractivity contribution in [2.24, 2.45) is 0 Å². The molecule has 0 unspecified atom stereocenters. The van der Waals surface area contributed by atoms with Crippen LogP contribution in [0.2, 0.25) is 13.1 Å².